The molecule has 0 radical (unpaired) electrons. The topological polar surface area (TPSA) is 93.7 Å². The number of nitrogens with one attached hydrogen (secondary N) is 2. The molecule has 0 saturated heterocycles. The van der Waals surface area contributed by atoms with E-state index >= 15 is 0 Å². The number of sulfonamides is 1. The second-order valence-corrected chi connectivity index (χ2v) is 8.52. The third-order valence-electron chi connectivity index (χ3n) is 4.76. The number of anilines is 1. The van der Waals surface area contributed by atoms with Crippen molar-refractivity contribution in [3.8, 4) is 11.5 Å². The van der Waals surface area contributed by atoms with Gasteiger partial charge in [0.1, 0.15) is 0 Å². The van der Waals surface area contributed by atoms with Crippen molar-refractivity contribution >= 4 is 21.6 Å². The van der Waals surface area contributed by atoms with Crippen molar-refractivity contribution in [2.24, 2.45) is 0 Å². The minimum absolute atomic E-state index is 0.122. The van der Waals surface area contributed by atoms with Crippen LogP contribution in [0.15, 0.2) is 41.3 Å². The first-order valence-electron chi connectivity index (χ1n) is 9.68. The third-order valence-corrected chi connectivity index (χ3v) is 6.22. The molecular weight excluding hydrogens is 392 g/mol. The molecule has 8 heteroatoms. The van der Waals surface area contributed by atoms with Gasteiger partial charge in [0.05, 0.1) is 24.0 Å². The molecule has 0 aromatic heterocycles. The number of carbonyl (C=O) groups is 1. The van der Waals surface area contributed by atoms with E-state index in [4.69, 9.17) is 9.47 Å². The number of hydrogen-bond donors (Lipinski definition) is 2. The fraction of sp³-hybridized carbons (Fsp3) is 0.381. The minimum atomic E-state index is -3.68. The molecule has 2 aromatic carbocycles. The maximum Gasteiger partial charge on any atom is 0.240 e. The van der Waals surface area contributed by atoms with Gasteiger partial charge in [-0.3, -0.25) is 4.79 Å². The monoisotopic (exact) mass is 418 g/mol. The Bertz CT molecular complexity index is 1000. The Balaban J connectivity index is 1.67. The van der Waals surface area contributed by atoms with Crippen LogP contribution in [0.5, 0.6) is 11.5 Å². The molecule has 0 fully saturated rings. The number of carbonyl (C=O) groups excluding carboxylic acids is 1. The van der Waals surface area contributed by atoms with Crippen LogP contribution in [-0.4, -0.2) is 34.1 Å². The molecule has 1 aliphatic rings. The molecule has 0 spiro atoms. The summed E-state index contributed by atoms with van der Waals surface area (Å²) in [5.41, 5.74) is 2.31. The summed E-state index contributed by atoms with van der Waals surface area (Å²) in [7, 11) is -3.68. The zero-order valence-corrected chi connectivity index (χ0v) is 17.6. The van der Waals surface area contributed by atoms with Gasteiger partial charge in [-0.2, -0.15) is 0 Å². The fourth-order valence-electron chi connectivity index (χ4n) is 3.23. The summed E-state index contributed by atoms with van der Waals surface area (Å²) in [5.74, 6) is 0.845. The van der Waals surface area contributed by atoms with E-state index in [9.17, 15) is 13.2 Å². The van der Waals surface area contributed by atoms with Crippen LogP contribution in [0.1, 0.15) is 37.8 Å². The first-order chi connectivity index (χ1) is 13.9. The SMILES string of the molecule is CCOc1ccc(CCNS(=O)(=O)c2ccc3c(c2)[C@@H](C)C(=O)N3)cc1OCC. The molecule has 156 valence electrons. The molecule has 0 aliphatic carbocycles. The summed E-state index contributed by atoms with van der Waals surface area (Å²) in [6.45, 7) is 6.86. The van der Waals surface area contributed by atoms with E-state index in [0.717, 1.165) is 5.56 Å². The molecule has 2 aromatic rings. The molecule has 29 heavy (non-hydrogen) atoms. The van der Waals surface area contributed by atoms with Crippen molar-refractivity contribution in [3.05, 3.63) is 47.5 Å². The molecule has 1 aliphatic heterocycles. The van der Waals surface area contributed by atoms with Crippen LogP contribution in [0.2, 0.25) is 0 Å². The molecular formula is C21H26N2O5S. The number of hydrogen-bond acceptors (Lipinski definition) is 5. The van der Waals surface area contributed by atoms with Crippen molar-refractivity contribution in [3.63, 3.8) is 0 Å². The zero-order valence-electron chi connectivity index (χ0n) is 16.8. The van der Waals surface area contributed by atoms with Crippen LogP contribution in [-0.2, 0) is 21.2 Å². The quantitative estimate of drug-likeness (QED) is 0.653. The largest absolute Gasteiger partial charge is 0.490 e. The van der Waals surface area contributed by atoms with Crippen LogP contribution in [0, 0.1) is 0 Å². The van der Waals surface area contributed by atoms with E-state index in [2.05, 4.69) is 10.0 Å². The van der Waals surface area contributed by atoms with E-state index in [0.29, 0.717) is 42.4 Å². The molecule has 0 unspecified atom stereocenters. The molecule has 7 nitrogen and oxygen atoms in total. The lowest BCUT2D eigenvalue weighted by molar-refractivity contribution is -0.116. The number of rotatable bonds is 9. The highest BCUT2D eigenvalue weighted by atomic mass is 32.2. The highest BCUT2D eigenvalue weighted by molar-refractivity contribution is 7.89. The molecule has 1 heterocycles. The van der Waals surface area contributed by atoms with E-state index in [-0.39, 0.29) is 23.3 Å². The predicted octanol–water partition coefficient (Wildman–Crippen LogP) is 3.06. The lowest BCUT2D eigenvalue weighted by Crippen LogP contribution is -2.26. The van der Waals surface area contributed by atoms with Crippen LogP contribution in [0.3, 0.4) is 0 Å². The predicted molar refractivity (Wildman–Crippen MR) is 111 cm³/mol. The Labute approximate surface area is 171 Å². The van der Waals surface area contributed by atoms with Gasteiger partial charge in [0, 0.05) is 12.2 Å². The van der Waals surface area contributed by atoms with Crippen molar-refractivity contribution < 1.29 is 22.7 Å². The first kappa shape index (κ1) is 21.1. The molecule has 2 N–H and O–H groups in total. The highest BCUT2D eigenvalue weighted by Gasteiger charge is 2.28. The van der Waals surface area contributed by atoms with E-state index in [1.807, 2.05) is 32.0 Å². The Hall–Kier alpha value is -2.58. The van der Waals surface area contributed by atoms with Crippen molar-refractivity contribution in [1.29, 1.82) is 0 Å². The molecule has 0 bridgehead atoms. The highest BCUT2D eigenvalue weighted by Crippen LogP contribution is 2.33. The van der Waals surface area contributed by atoms with Gasteiger partial charge in [0.2, 0.25) is 15.9 Å². The van der Waals surface area contributed by atoms with E-state index in [1.165, 1.54) is 6.07 Å². The van der Waals surface area contributed by atoms with Crippen molar-refractivity contribution in [2.45, 2.75) is 38.0 Å². The van der Waals surface area contributed by atoms with Crippen LogP contribution in [0.25, 0.3) is 0 Å². The van der Waals surface area contributed by atoms with Gasteiger partial charge < -0.3 is 14.8 Å². The van der Waals surface area contributed by atoms with Gasteiger partial charge >= 0.3 is 0 Å². The van der Waals surface area contributed by atoms with Crippen molar-refractivity contribution in [2.75, 3.05) is 25.1 Å². The van der Waals surface area contributed by atoms with Gasteiger partial charge in [-0.1, -0.05) is 6.07 Å². The number of benzene rings is 2. The Morgan fingerprint density at radius 3 is 2.48 bits per heavy atom. The molecule has 0 saturated carbocycles. The summed E-state index contributed by atoms with van der Waals surface area (Å²) < 4.78 is 39.1. The first-order valence-corrected chi connectivity index (χ1v) is 11.2. The average Bonchev–Trinajstić information content (AvgIpc) is 2.97. The number of ether oxygens (including phenoxy) is 2. The average molecular weight is 419 g/mol. The molecule has 1 atom stereocenters. The van der Waals surface area contributed by atoms with Gasteiger partial charge in [0.15, 0.2) is 11.5 Å². The zero-order chi connectivity index (χ0) is 21.0. The Morgan fingerprint density at radius 2 is 1.76 bits per heavy atom. The number of fused-ring (bicyclic) bond motifs is 1. The maximum atomic E-state index is 12.7. The standard InChI is InChI=1S/C21H26N2O5S/c1-4-27-19-9-6-15(12-20(19)28-5-2)10-11-22-29(25,26)16-7-8-18-17(13-16)14(3)21(24)23-18/h6-9,12-14,22H,4-5,10-11H2,1-3H3,(H,23,24)/t14-/m1/s1. The lowest BCUT2D eigenvalue weighted by atomic mass is 10.0. The summed E-state index contributed by atoms with van der Waals surface area (Å²) in [4.78, 5) is 11.9. The van der Waals surface area contributed by atoms with Gasteiger partial charge in [0.25, 0.3) is 0 Å². The normalized spacial score (nSPS) is 15.7. The van der Waals surface area contributed by atoms with E-state index in [1.54, 1.807) is 19.1 Å². The smallest absolute Gasteiger partial charge is 0.240 e. The van der Waals surface area contributed by atoms with Crippen LogP contribution in [0.4, 0.5) is 5.69 Å². The summed E-state index contributed by atoms with van der Waals surface area (Å²) >= 11 is 0. The lowest BCUT2D eigenvalue weighted by Gasteiger charge is -2.13. The van der Waals surface area contributed by atoms with Gasteiger partial charge in [-0.15, -0.1) is 0 Å². The summed E-state index contributed by atoms with van der Waals surface area (Å²) in [6, 6.07) is 10.3. The Morgan fingerprint density at radius 1 is 1.03 bits per heavy atom. The van der Waals surface area contributed by atoms with E-state index < -0.39 is 10.0 Å². The maximum absolute atomic E-state index is 12.7. The van der Waals surface area contributed by atoms with Crippen LogP contribution < -0.4 is 19.5 Å². The second-order valence-electron chi connectivity index (χ2n) is 6.75. The minimum Gasteiger partial charge on any atom is -0.490 e. The Kier molecular flexibility index (Phi) is 6.44. The molecule has 3 rings (SSSR count). The number of amides is 1. The summed E-state index contributed by atoms with van der Waals surface area (Å²) in [6.07, 6.45) is 0.507. The van der Waals surface area contributed by atoms with Gasteiger partial charge in [-0.25, -0.2) is 13.1 Å². The van der Waals surface area contributed by atoms with Crippen LogP contribution >= 0.6 is 0 Å². The fourth-order valence-corrected chi connectivity index (χ4v) is 4.29. The van der Waals surface area contributed by atoms with Crippen molar-refractivity contribution in [1.82, 2.24) is 4.72 Å². The molecule has 1 amide bonds. The third kappa shape index (κ3) is 4.71. The second kappa shape index (κ2) is 8.84. The van der Waals surface area contributed by atoms with Gasteiger partial charge in [-0.05, 0) is 68.7 Å². The summed E-state index contributed by atoms with van der Waals surface area (Å²) in [5, 5.41) is 2.74.